The Labute approximate surface area is 132 Å². The lowest BCUT2D eigenvalue weighted by atomic mass is 9.97. The second kappa shape index (κ2) is 5.84. The van der Waals surface area contributed by atoms with E-state index in [0.717, 1.165) is 17.8 Å². The topological polar surface area (TPSA) is 84.0 Å². The van der Waals surface area contributed by atoms with Crippen molar-refractivity contribution in [1.29, 1.82) is 0 Å². The molecule has 2 N–H and O–H groups in total. The molecule has 0 bridgehead atoms. The van der Waals surface area contributed by atoms with Crippen molar-refractivity contribution in [2.24, 2.45) is 0 Å². The van der Waals surface area contributed by atoms with Crippen LogP contribution in [0.15, 0.2) is 30.3 Å². The van der Waals surface area contributed by atoms with Crippen LogP contribution in [0.25, 0.3) is 0 Å². The first-order valence-corrected chi connectivity index (χ1v) is 7.86. The van der Waals surface area contributed by atoms with Gasteiger partial charge >= 0.3 is 0 Å². The lowest BCUT2D eigenvalue weighted by Crippen LogP contribution is -2.31. The molecule has 7 heteroatoms. The summed E-state index contributed by atoms with van der Waals surface area (Å²) in [5.74, 6) is -0.545. The average Bonchev–Trinajstić information content (AvgIpc) is 3.20. The molecule has 22 heavy (non-hydrogen) atoms. The third-order valence-corrected chi connectivity index (χ3v) is 4.70. The summed E-state index contributed by atoms with van der Waals surface area (Å²) in [7, 11) is 0. The lowest BCUT2D eigenvalue weighted by molar-refractivity contribution is -0.122. The Bertz CT molecular complexity index is 695. The molecule has 0 spiro atoms. The number of nitrogens with one attached hydrogen (secondary N) is 2. The van der Waals surface area contributed by atoms with Crippen molar-refractivity contribution in [3.05, 3.63) is 40.9 Å². The van der Waals surface area contributed by atoms with Crippen LogP contribution in [0.3, 0.4) is 0 Å². The molecule has 2 amide bonds. The van der Waals surface area contributed by atoms with Crippen molar-refractivity contribution in [2.75, 3.05) is 11.9 Å². The average molecular weight is 316 g/mol. The summed E-state index contributed by atoms with van der Waals surface area (Å²) < 4.78 is 0. The van der Waals surface area contributed by atoms with Gasteiger partial charge in [-0.3, -0.25) is 14.9 Å². The normalized spacial score (nSPS) is 15.1. The van der Waals surface area contributed by atoms with Crippen LogP contribution >= 0.6 is 11.3 Å². The number of benzene rings is 1. The van der Waals surface area contributed by atoms with E-state index in [1.54, 1.807) is 0 Å². The molecule has 1 heterocycles. The number of carbonyl (C=O) groups excluding carboxylic acids is 2. The minimum Gasteiger partial charge on any atom is -0.347 e. The maximum atomic E-state index is 11.7. The molecule has 1 aromatic carbocycles. The highest BCUT2D eigenvalue weighted by atomic mass is 32.1. The number of aromatic nitrogens is 2. The molecule has 1 aliphatic rings. The molecule has 3 rings (SSSR count). The quantitative estimate of drug-likeness (QED) is 0.879. The van der Waals surface area contributed by atoms with E-state index < -0.39 is 0 Å². The van der Waals surface area contributed by atoms with Crippen LogP contribution in [-0.4, -0.2) is 28.6 Å². The van der Waals surface area contributed by atoms with Crippen molar-refractivity contribution in [3.8, 4) is 0 Å². The van der Waals surface area contributed by atoms with Gasteiger partial charge in [0.15, 0.2) is 0 Å². The van der Waals surface area contributed by atoms with Crippen molar-refractivity contribution < 1.29 is 9.59 Å². The van der Waals surface area contributed by atoms with Gasteiger partial charge in [-0.25, -0.2) is 0 Å². The standard InChI is InChI=1S/C15H16N4O2S/c1-10(20)16-9-12(21)17-14-19-18-13(22-14)15(7-8-15)11-5-3-2-4-6-11/h2-6H,7-9H2,1H3,(H,16,20)(H,17,19,21). The number of hydrogen-bond acceptors (Lipinski definition) is 5. The molecule has 0 saturated heterocycles. The Hall–Kier alpha value is -2.28. The summed E-state index contributed by atoms with van der Waals surface area (Å²) in [6.45, 7) is 1.31. The monoisotopic (exact) mass is 316 g/mol. The fraction of sp³-hybridized carbons (Fsp3) is 0.333. The van der Waals surface area contributed by atoms with E-state index in [4.69, 9.17) is 0 Å². The minimum atomic E-state index is -0.303. The fourth-order valence-electron chi connectivity index (χ4n) is 2.34. The molecular formula is C15H16N4O2S. The molecule has 1 fully saturated rings. The zero-order valence-corrected chi connectivity index (χ0v) is 12.9. The van der Waals surface area contributed by atoms with Gasteiger partial charge in [0.1, 0.15) is 5.01 Å². The van der Waals surface area contributed by atoms with Crippen molar-refractivity contribution in [1.82, 2.24) is 15.5 Å². The summed E-state index contributed by atoms with van der Waals surface area (Å²) >= 11 is 1.39. The number of nitrogens with zero attached hydrogens (tertiary/aromatic N) is 2. The fourth-order valence-corrected chi connectivity index (χ4v) is 3.37. The number of carbonyl (C=O) groups is 2. The largest absolute Gasteiger partial charge is 0.347 e. The van der Waals surface area contributed by atoms with E-state index in [9.17, 15) is 9.59 Å². The summed E-state index contributed by atoms with van der Waals surface area (Å²) in [5.41, 5.74) is 1.20. The first-order chi connectivity index (χ1) is 10.6. The molecule has 0 unspecified atom stereocenters. The Morgan fingerprint density at radius 3 is 2.59 bits per heavy atom. The molecule has 0 radical (unpaired) electrons. The molecular weight excluding hydrogens is 300 g/mol. The van der Waals surface area contributed by atoms with Gasteiger partial charge in [-0.1, -0.05) is 41.7 Å². The molecule has 114 valence electrons. The van der Waals surface area contributed by atoms with Gasteiger partial charge in [-0.05, 0) is 18.4 Å². The van der Waals surface area contributed by atoms with Gasteiger partial charge in [0.05, 0.1) is 6.54 Å². The second-order valence-corrected chi connectivity index (χ2v) is 6.30. The molecule has 0 aliphatic heterocycles. The smallest absolute Gasteiger partial charge is 0.245 e. The highest BCUT2D eigenvalue weighted by Crippen LogP contribution is 2.54. The Kier molecular flexibility index (Phi) is 3.89. The number of hydrogen-bond donors (Lipinski definition) is 2. The predicted molar refractivity (Wildman–Crippen MR) is 83.7 cm³/mol. The highest BCUT2D eigenvalue weighted by Gasteiger charge is 2.48. The summed E-state index contributed by atoms with van der Waals surface area (Å²) in [6.07, 6.45) is 2.09. The summed E-state index contributed by atoms with van der Waals surface area (Å²) in [5, 5.41) is 14.8. The summed E-state index contributed by atoms with van der Waals surface area (Å²) in [6, 6.07) is 10.2. The number of anilines is 1. The molecule has 2 aromatic rings. The van der Waals surface area contributed by atoms with Gasteiger partial charge < -0.3 is 5.32 Å². The van der Waals surface area contributed by atoms with Crippen LogP contribution in [0.1, 0.15) is 30.3 Å². The zero-order valence-electron chi connectivity index (χ0n) is 12.1. The Balaban J connectivity index is 1.69. The SMILES string of the molecule is CC(=O)NCC(=O)Nc1nnc(C2(c3ccccc3)CC2)s1. The van der Waals surface area contributed by atoms with Gasteiger partial charge in [0.2, 0.25) is 16.9 Å². The van der Waals surface area contributed by atoms with E-state index in [1.807, 2.05) is 18.2 Å². The van der Waals surface area contributed by atoms with E-state index in [1.165, 1.54) is 23.8 Å². The summed E-state index contributed by atoms with van der Waals surface area (Å²) in [4.78, 5) is 22.5. The van der Waals surface area contributed by atoms with Gasteiger partial charge in [0.25, 0.3) is 0 Å². The van der Waals surface area contributed by atoms with Crippen molar-refractivity contribution in [3.63, 3.8) is 0 Å². The molecule has 0 atom stereocenters. The Morgan fingerprint density at radius 2 is 1.95 bits per heavy atom. The molecule has 1 aromatic heterocycles. The zero-order chi connectivity index (χ0) is 15.6. The highest BCUT2D eigenvalue weighted by molar-refractivity contribution is 7.15. The third-order valence-electron chi connectivity index (χ3n) is 3.66. The predicted octanol–water partition coefficient (Wildman–Crippen LogP) is 1.69. The number of rotatable bonds is 5. The van der Waals surface area contributed by atoms with Crippen LogP contribution in [0, 0.1) is 0 Å². The molecule has 1 saturated carbocycles. The first-order valence-electron chi connectivity index (χ1n) is 7.04. The van der Waals surface area contributed by atoms with Crippen LogP contribution < -0.4 is 10.6 Å². The van der Waals surface area contributed by atoms with E-state index >= 15 is 0 Å². The lowest BCUT2D eigenvalue weighted by Gasteiger charge is -2.11. The maximum absolute atomic E-state index is 11.7. The minimum absolute atomic E-state index is 0.0421. The van der Waals surface area contributed by atoms with E-state index in [0.29, 0.717) is 5.13 Å². The van der Waals surface area contributed by atoms with Crippen molar-refractivity contribution in [2.45, 2.75) is 25.2 Å². The van der Waals surface area contributed by atoms with Crippen LogP contribution in [0.2, 0.25) is 0 Å². The van der Waals surface area contributed by atoms with Gasteiger partial charge in [-0.2, -0.15) is 0 Å². The Morgan fingerprint density at radius 1 is 1.23 bits per heavy atom. The van der Waals surface area contributed by atoms with Gasteiger partial charge in [0, 0.05) is 12.3 Å². The molecule has 6 nitrogen and oxygen atoms in total. The van der Waals surface area contributed by atoms with Crippen LogP contribution in [0.4, 0.5) is 5.13 Å². The van der Waals surface area contributed by atoms with E-state index in [2.05, 4.69) is 33.0 Å². The number of amides is 2. The van der Waals surface area contributed by atoms with Crippen LogP contribution in [0.5, 0.6) is 0 Å². The van der Waals surface area contributed by atoms with Crippen molar-refractivity contribution >= 4 is 28.3 Å². The maximum Gasteiger partial charge on any atom is 0.245 e. The third kappa shape index (κ3) is 2.99. The van der Waals surface area contributed by atoms with Gasteiger partial charge in [-0.15, -0.1) is 10.2 Å². The molecule has 1 aliphatic carbocycles. The van der Waals surface area contributed by atoms with E-state index in [-0.39, 0.29) is 23.8 Å². The second-order valence-electron chi connectivity index (χ2n) is 5.32. The first kappa shape index (κ1) is 14.6. The van der Waals surface area contributed by atoms with Crippen LogP contribution in [-0.2, 0) is 15.0 Å².